The molecule has 0 radical (unpaired) electrons. The standard InChI is InChI=1S/C26H28ClN5O2S/c1-15-12-19(16(2)31(15)17-7-8-17)25-24(22-6-4-5-11-28-22)30-26(35)32(25)18-9-10-21(20(27)13-18)29-23(33)14-34-3/h4-6,9-13,17,24-25H,7-8,14H2,1-3H3,(H,29,33)(H,30,35)/t24-,25+/m0/s1. The summed E-state index contributed by atoms with van der Waals surface area (Å²) in [5, 5.41) is 7.32. The minimum atomic E-state index is -0.263. The number of aromatic nitrogens is 2. The molecule has 35 heavy (non-hydrogen) atoms. The van der Waals surface area contributed by atoms with Gasteiger partial charge >= 0.3 is 0 Å². The Morgan fingerprint density at radius 3 is 2.71 bits per heavy atom. The Labute approximate surface area is 215 Å². The van der Waals surface area contributed by atoms with Crippen molar-refractivity contribution < 1.29 is 9.53 Å². The zero-order valence-electron chi connectivity index (χ0n) is 19.9. The molecular weight excluding hydrogens is 482 g/mol. The fraction of sp³-hybridized carbons (Fsp3) is 0.346. The van der Waals surface area contributed by atoms with E-state index in [0.717, 1.165) is 11.4 Å². The van der Waals surface area contributed by atoms with E-state index in [4.69, 9.17) is 28.6 Å². The number of rotatable bonds is 7. The maximum absolute atomic E-state index is 12.0. The minimum absolute atomic E-state index is 0.0390. The number of carbonyl (C=O) groups is 1. The summed E-state index contributed by atoms with van der Waals surface area (Å²) in [7, 11) is 1.48. The van der Waals surface area contributed by atoms with E-state index in [1.165, 1.54) is 36.9 Å². The smallest absolute Gasteiger partial charge is 0.250 e. The van der Waals surface area contributed by atoms with Gasteiger partial charge in [0.25, 0.3) is 0 Å². The van der Waals surface area contributed by atoms with E-state index in [-0.39, 0.29) is 24.6 Å². The van der Waals surface area contributed by atoms with Crippen molar-refractivity contribution in [1.29, 1.82) is 0 Å². The Hall–Kier alpha value is -2.94. The molecule has 2 aromatic heterocycles. The fourth-order valence-corrected chi connectivity index (χ4v) is 5.59. The maximum atomic E-state index is 12.0. The SMILES string of the molecule is COCC(=O)Nc1ccc(N2C(=S)N[C@@H](c3ccccn3)[C@H]2c2cc(C)n(C3CC3)c2C)cc1Cl. The number of thiocarbonyl (C=S) groups is 1. The average Bonchev–Trinajstić information content (AvgIpc) is 3.54. The number of aryl methyl sites for hydroxylation is 1. The van der Waals surface area contributed by atoms with Crippen molar-refractivity contribution in [3.8, 4) is 0 Å². The predicted molar refractivity (Wildman–Crippen MR) is 142 cm³/mol. The number of nitrogens with zero attached hydrogens (tertiary/aromatic N) is 3. The number of methoxy groups -OCH3 is 1. The summed E-state index contributed by atoms with van der Waals surface area (Å²) in [6, 6.07) is 14.1. The number of halogens is 1. The number of nitrogens with one attached hydrogen (secondary N) is 2. The number of hydrogen-bond acceptors (Lipinski definition) is 4. The summed E-state index contributed by atoms with van der Waals surface area (Å²) < 4.78 is 7.35. The highest BCUT2D eigenvalue weighted by Crippen LogP contribution is 2.46. The molecule has 1 saturated heterocycles. The van der Waals surface area contributed by atoms with E-state index < -0.39 is 0 Å². The van der Waals surface area contributed by atoms with Crippen molar-refractivity contribution in [2.45, 2.75) is 44.8 Å². The lowest BCUT2D eigenvalue weighted by Crippen LogP contribution is -2.29. The molecule has 0 bridgehead atoms. The first-order chi connectivity index (χ1) is 16.9. The largest absolute Gasteiger partial charge is 0.375 e. The van der Waals surface area contributed by atoms with Crippen LogP contribution in [0.5, 0.6) is 0 Å². The lowest BCUT2D eigenvalue weighted by Gasteiger charge is -2.28. The van der Waals surface area contributed by atoms with Crippen LogP contribution in [0.3, 0.4) is 0 Å². The molecule has 182 valence electrons. The molecule has 2 fully saturated rings. The van der Waals surface area contributed by atoms with Gasteiger partial charge < -0.3 is 24.8 Å². The van der Waals surface area contributed by atoms with E-state index in [1.54, 1.807) is 6.07 Å². The van der Waals surface area contributed by atoms with Crippen LogP contribution < -0.4 is 15.5 Å². The lowest BCUT2D eigenvalue weighted by molar-refractivity contribution is -0.119. The highest BCUT2D eigenvalue weighted by molar-refractivity contribution is 7.80. The van der Waals surface area contributed by atoms with Crippen molar-refractivity contribution >= 4 is 46.2 Å². The molecule has 3 heterocycles. The highest BCUT2D eigenvalue weighted by Gasteiger charge is 2.43. The Kier molecular flexibility index (Phi) is 6.53. The Morgan fingerprint density at radius 1 is 1.26 bits per heavy atom. The second kappa shape index (κ2) is 9.60. The van der Waals surface area contributed by atoms with Crippen LogP contribution in [-0.2, 0) is 9.53 Å². The van der Waals surface area contributed by atoms with Crippen molar-refractivity contribution in [2.24, 2.45) is 0 Å². The summed E-state index contributed by atoms with van der Waals surface area (Å²) in [6.45, 7) is 4.32. The number of amides is 1. The minimum Gasteiger partial charge on any atom is -0.375 e. The van der Waals surface area contributed by atoms with Crippen LogP contribution in [0.15, 0.2) is 48.7 Å². The third-order valence-electron chi connectivity index (χ3n) is 6.63. The maximum Gasteiger partial charge on any atom is 0.250 e. The van der Waals surface area contributed by atoms with Gasteiger partial charge in [0.05, 0.1) is 28.5 Å². The van der Waals surface area contributed by atoms with Gasteiger partial charge in [0, 0.05) is 36.4 Å². The van der Waals surface area contributed by atoms with Crippen LogP contribution in [0.25, 0.3) is 0 Å². The van der Waals surface area contributed by atoms with Crippen LogP contribution in [0.1, 0.15) is 53.6 Å². The molecule has 2 N–H and O–H groups in total. The molecule has 2 atom stereocenters. The second-order valence-electron chi connectivity index (χ2n) is 9.07. The van der Waals surface area contributed by atoms with E-state index in [1.807, 2.05) is 36.5 Å². The predicted octanol–water partition coefficient (Wildman–Crippen LogP) is 5.25. The van der Waals surface area contributed by atoms with E-state index in [0.29, 0.717) is 21.9 Å². The monoisotopic (exact) mass is 509 g/mol. The topological polar surface area (TPSA) is 71.4 Å². The summed E-state index contributed by atoms with van der Waals surface area (Å²) in [6.07, 6.45) is 4.24. The van der Waals surface area contributed by atoms with E-state index >= 15 is 0 Å². The molecular formula is C26H28ClN5O2S. The molecule has 1 aliphatic heterocycles. The van der Waals surface area contributed by atoms with Gasteiger partial charge in [0.2, 0.25) is 5.91 Å². The molecule has 1 aromatic carbocycles. The number of anilines is 2. The van der Waals surface area contributed by atoms with Crippen LogP contribution in [0.4, 0.5) is 11.4 Å². The van der Waals surface area contributed by atoms with Gasteiger partial charge in [-0.25, -0.2) is 0 Å². The molecule has 1 aliphatic carbocycles. The summed E-state index contributed by atoms with van der Waals surface area (Å²) in [4.78, 5) is 18.7. The first-order valence-electron chi connectivity index (χ1n) is 11.7. The van der Waals surface area contributed by atoms with Gasteiger partial charge in [-0.2, -0.15) is 0 Å². The number of hydrogen-bond donors (Lipinski definition) is 2. The van der Waals surface area contributed by atoms with Crippen molar-refractivity contribution in [3.05, 3.63) is 76.3 Å². The van der Waals surface area contributed by atoms with Crippen LogP contribution in [-0.4, -0.2) is 34.3 Å². The summed E-state index contributed by atoms with van der Waals surface area (Å²) in [5.74, 6) is -0.263. The third kappa shape index (κ3) is 4.53. The number of ether oxygens (including phenoxy) is 1. The molecule has 3 aromatic rings. The Morgan fingerprint density at radius 2 is 2.06 bits per heavy atom. The summed E-state index contributed by atoms with van der Waals surface area (Å²) >= 11 is 12.4. The van der Waals surface area contributed by atoms with Crippen LogP contribution in [0, 0.1) is 13.8 Å². The highest BCUT2D eigenvalue weighted by atomic mass is 35.5. The molecule has 2 aliphatic rings. The van der Waals surface area contributed by atoms with Gasteiger partial charge in [0.1, 0.15) is 6.61 Å². The normalized spacial score (nSPS) is 19.7. The van der Waals surface area contributed by atoms with Gasteiger partial charge in [-0.1, -0.05) is 17.7 Å². The number of benzene rings is 1. The van der Waals surface area contributed by atoms with E-state index in [2.05, 4.69) is 45.0 Å². The molecule has 7 nitrogen and oxygen atoms in total. The third-order valence-corrected chi connectivity index (χ3v) is 7.26. The molecule has 0 spiro atoms. The van der Waals surface area contributed by atoms with Crippen molar-refractivity contribution in [1.82, 2.24) is 14.9 Å². The van der Waals surface area contributed by atoms with Gasteiger partial charge in [-0.3, -0.25) is 9.78 Å². The first-order valence-corrected chi connectivity index (χ1v) is 12.4. The quantitative estimate of drug-likeness (QED) is 0.424. The average molecular weight is 510 g/mol. The van der Waals surface area contributed by atoms with Crippen LogP contribution >= 0.6 is 23.8 Å². The Bertz CT molecular complexity index is 1270. The molecule has 1 saturated carbocycles. The molecule has 1 amide bonds. The first kappa shape index (κ1) is 23.8. The Balaban J connectivity index is 1.57. The zero-order valence-corrected chi connectivity index (χ0v) is 21.5. The van der Waals surface area contributed by atoms with Crippen molar-refractivity contribution in [3.63, 3.8) is 0 Å². The summed E-state index contributed by atoms with van der Waals surface area (Å²) in [5.41, 5.74) is 6.02. The molecule has 0 unspecified atom stereocenters. The van der Waals surface area contributed by atoms with Crippen LogP contribution in [0.2, 0.25) is 5.02 Å². The zero-order chi connectivity index (χ0) is 24.7. The van der Waals surface area contributed by atoms with E-state index in [9.17, 15) is 4.79 Å². The number of pyridine rings is 1. The second-order valence-corrected chi connectivity index (χ2v) is 9.86. The molecule has 5 rings (SSSR count). The van der Waals surface area contributed by atoms with Crippen molar-refractivity contribution in [2.75, 3.05) is 23.9 Å². The van der Waals surface area contributed by atoms with Gasteiger partial charge in [-0.15, -0.1) is 0 Å². The number of carbonyl (C=O) groups excluding carboxylic acids is 1. The molecule has 9 heteroatoms. The van der Waals surface area contributed by atoms with Gasteiger partial charge in [0.15, 0.2) is 5.11 Å². The fourth-order valence-electron chi connectivity index (χ4n) is 5.02. The lowest BCUT2D eigenvalue weighted by atomic mass is 9.96. The van der Waals surface area contributed by atoms with Gasteiger partial charge in [-0.05, 0) is 80.9 Å².